The van der Waals surface area contributed by atoms with Crippen molar-refractivity contribution in [3.63, 3.8) is 0 Å². The van der Waals surface area contributed by atoms with Gasteiger partial charge in [-0.2, -0.15) is 5.10 Å². The van der Waals surface area contributed by atoms with Crippen LogP contribution >= 0.6 is 0 Å². The molecule has 1 N–H and O–H groups in total. The number of amides is 1. The zero-order valence-corrected chi connectivity index (χ0v) is 11.6. The highest BCUT2D eigenvalue weighted by atomic mass is 16.6. The molecule has 0 saturated carbocycles. The van der Waals surface area contributed by atoms with Crippen LogP contribution < -0.4 is 10.2 Å². The first kappa shape index (κ1) is 15.6. The van der Waals surface area contributed by atoms with Crippen molar-refractivity contribution in [2.75, 3.05) is 6.61 Å². The van der Waals surface area contributed by atoms with Crippen LogP contribution in [0.15, 0.2) is 29.4 Å². The monoisotopic (exact) mass is 279 g/mol. The zero-order chi connectivity index (χ0) is 15.2. The van der Waals surface area contributed by atoms with Crippen LogP contribution in [0.4, 0.5) is 5.69 Å². The van der Waals surface area contributed by atoms with Crippen LogP contribution in [0, 0.1) is 15.5 Å². The molecule has 1 aromatic rings. The van der Waals surface area contributed by atoms with Gasteiger partial charge >= 0.3 is 5.69 Å². The number of nitro groups is 1. The Kier molecular flexibility index (Phi) is 5.19. The van der Waals surface area contributed by atoms with E-state index in [0.717, 1.165) is 0 Å². The fourth-order valence-corrected chi connectivity index (χ4v) is 1.20. The summed E-state index contributed by atoms with van der Waals surface area (Å²) in [4.78, 5) is 21.6. The van der Waals surface area contributed by atoms with Crippen molar-refractivity contribution in [2.45, 2.75) is 20.8 Å². The second kappa shape index (κ2) is 6.65. The Balaban J connectivity index is 2.54. The number of nitrogens with one attached hydrogen (secondary N) is 1. The van der Waals surface area contributed by atoms with Gasteiger partial charge in [-0.05, 0) is 11.5 Å². The third-order valence-electron chi connectivity index (χ3n) is 2.06. The number of carbonyl (C=O) groups is 1. The summed E-state index contributed by atoms with van der Waals surface area (Å²) in [5, 5.41) is 14.5. The lowest BCUT2D eigenvalue weighted by Crippen LogP contribution is -2.25. The van der Waals surface area contributed by atoms with E-state index in [-0.39, 0.29) is 23.5 Å². The zero-order valence-electron chi connectivity index (χ0n) is 11.6. The quantitative estimate of drug-likeness (QED) is 0.507. The molecule has 0 spiro atoms. The van der Waals surface area contributed by atoms with Gasteiger partial charge in [-0.1, -0.05) is 32.9 Å². The van der Waals surface area contributed by atoms with Crippen LogP contribution in [0.1, 0.15) is 20.8 Å². The lowest BCUT2D eigenvalue weighted by molar-refractivity contribution is -0.385. The molecule has 7 nitrogen and oxygen atoms in total. The van der Waals surface area contributed by atoms with E-state index in [1.54, 1.807) is 12.3 Å². The van der Waals surface area contributed by atoms with Gasteiger partial charge < -0.3 is 4.74 Å². The van der Waals surface area contributed by atoms with Crippen molar-refractivity contribution >= 4 is 17.8 Å². The maximum Gasteiger partial charge on any atom is 0.310 e. The van der Waals surface area contributed by atoms with Gasteiger partial charge in [0.05, 0.1) is 4.92 Å². The van der Waals surface area contributed by atoms with E-state index in [0.29, 0.717) is 0 Å². The number of benzene rings is 1. The van der Waals surface area contributed by atoms with E-state index in [2.05, 4.69) is 10.5 Å². The molecule has 0 fully saturated rings. The summed E-state index contributed by atoms with van der Waals surface area (Å²) >= 11 is 0. The van der Waals surface area contributed by atoms with E-state index in [1.807, 2.05) is 20.8 Å². The molecule has 0 unspecified atom stereocenters. The van der Waals surface area contributed by atoms with Crippen LogP contribution in [0.3, 0.4) is 0 Å². The Morgan fingerprint density at radius 1 is 1.45 bits per heavy atom. The highest BCUT2D eigenvalue weighted by Crippen LogP contribution is 2.25. The summed E-state index contributed by atoms with van der Waals surface area (Å²) in [6.07, 6.45) is 1.59. The molecule has 0 aliphatic carbocycles. The van der Waals surface area contributed by atoms with Crippen molar-refractivity contribution in [3.05, 3.63) is 34.4 Å². The molecule has 1 rings (SSSR count). The smallest absolute Gasteiger partial charge is 0.310 e. The SMILES string of the molecule is CC(C)(C)/C=N\NC(=O)COc1ccccc1[N+](=O)[O-]. The number of hydrazone groups is 1. The largest absolute Gasteiger partial charge is 0.477 e. The van der Waals surface area contributed by atoms with Gasteiger partial charge in [0.25, 0.3) is 5.91 Å². The maximum absolute atomic E-state index is 11.5. The van der Waals surface area contributed by atoms with Crippen LogP contribution in [-0.4, -0.2) is 23.7 Å². The topological polar surface area (TPSA) is 93.8 Å². The van der Waals surface area contributed by atoms with E-state index in [1.165, 1.54) is 18.2 Å². The fourth-order valence-electron chi connectivity index (χ4n) is 1.20. The van der Waals surface area contributed by atoms with Crippen molar-refractivity contribution in [3.8, 4) is 5.75 Å². The summed E-state index contributed by atoms with van der Waals surface area (Å²) in [5.74, 6) is -0.434. The van der Waals surface area contributed by atoms with Crippen LogP contribution in [0.5, 0.6) is 5.75 Å². The number of rotatable bonds is 5. The van der Waals surface area contributed by atoms with E-state index >= 15 is 0 Å². The number of ether oxygens (including phenoxy) is 1. The molecule has 0 bridgehead atoms. The summed E-state index contributed by atoms with van der Waals surface area (Å²) in [7, 11) is 0. The third-order valence-corrected chi connectivity index (χ3v) is 2.06. The lowest BCUT2D eigenvalue weighted by atomic mass is 9.99. The Bertz CT molecular complexity index is 521. The molecule has 0 radical (unpaired) electrons. The Labute approximate surface area is 116 Å². The number of nitro benzene ring substituents is 1. The molecular weight excluding hydrogens is 262 g/mol. The minimum Gasteiger partial charge on any atom is -0.477 e. The van der Waals surface area contributed by atoms with Gasteiger partial charge in [0, 0.05) is 12.3 Å². The second-order valence-electron chi connectivity index (χ2n) is 5.17. The van der Waals surface area contributed by atoms with Gasteiger partial charge in [-0.15, -0.1) is 0 Å². The first-order chi connectivity index (χ1) is 9.29. The van der Waals surface area contributed by atoms with Gasteiger partial charge in [0.2, 0.25) is 0 Å². The van der Waals surface area contributed by atoms with Gasteiger partial charge in [-0.25, -0.2) is 5.43 Å². The minimum atomic E-state index is -0.564. The van der Waals surface area contributed by atoms with Crippen molar-refractivity contribution in [2.24, 2.45) is 10.5 Å². The average molecular weight is 279 g/mol. The van der Waals surface area contributed by atoms with E-state index in [9.17, 15) is 14.9 Å². The first-order valence-electron chi connectivity index (χ1n) is 5.99. The van der Waals surface area contributed by atoms with E-state index < -0.39 is 10.8 Å². The molecule has 0 aliphatic heterocycles. The normalized spacial score (nSPS) is 11.3. The molecule has 1 aromatic carbocycles. The molecule has 0 saturated heterocycles. The standard InChI is InChI=1S/C13H17N3O4/c1-13(2,3)9-14-15-12(17)8-20-11-7-5-4-6-10(11)16(18)19/h4-7,9H,8H2,1-3H3,(H,15,17)/b14-9-. The first-order valence-corrected chi connectivity index (χ1v) is 5.99. The highest BCUT2D eigenvalue weighted by molar-refractivity contribution is 5.78. The summed E-state index contributed by atoms with van der Waals surface area (Å²) < 4.78 is 5.12. The highest BCUT2D eigenvalue weighted by Gasteiger charge is 2.14. The number of hydrogen-bond acceptors (Lipinski definition) is 5. The lowest BCUT2D eigenvalue weighted by Gasteiger charge is -2.10. The number of hydrogen-bond donors (Lipinski definition) is 1. The Morgan fingerprint density at radius 3 is 2.70 bits per heavy atom. The molecular formula is C13H17N3O4. The van der Waals surface area contributed by atoms with Crippen molar-refractivity contribution in [1.29, 1.82) is 0 Å². The predicted molar refractivity (Wildman–Crippen MR) is 74.7 cm³/mol. The molecule has 7 heteroatoms. The average Bonchev–Trinajstić information content (AvgIpc) is 2.35. The summed E-state index contributed by atoms with van der Waals surface area (Å²) in [6.45, 7) is 5.47. The minimum absolute atomic E-state index is 0.0486. The molecule has 0 atom stereocenters. The van der Waals surface area contributed by atoms with Gasteiger partial charge in [0.1, 0.15) is 0 Å². The Hall–Kier alpha value is -2.44. The van der Waals surface area contributed by atoms with Crippen molar-refractivity contribution in [1.82, 2.24) is 5.43 Å². The summed E-state index contributed by atoms with van der Waals surface area (Å²) in [6, 6.07) is 5.87. The van der Waals surface area contributed by atoms with Crippen molar-refractivity contribution < 1.29 is 14.5 Å². The third kappa shape index (κ3) is 5.47. The second-order valence-corrected chi connectivity index (χ2v) is 5.17. The molecule has 108 valence electrons. The molecule has 0 aromatic heterocycles. The molecule has 0 heterocycles. The maximum atomic E-state index is 11.5. The molecule has 1 amide bonds. The Morgan fingerprint density at radius 2 is 2.10 bits per heavy atom. The van der Waals surface area contributed by atoms with Crippen LogP contribution in [0.2, 0.25) is 0 Å². The number of carbonyl (C=O) groups excluding carboxylic acids is 1. The van der Waals surface area contributed by atoms with Crippen LogP contribution in [0.25, 0.3) is 0 Å². The fraction of sp³-hybridized carbons (Fsp3) is 0.385. The van der Waals surface area contributed by atoms with Gasteiger partial charge in [-0.3, -0.25) is 14.9 Å². The van der Waals surface area contributed by atoms with Crippen LogP contribution in [-0.2, 0) is 4.79 Å². The van der Waals surface area contributed by atoms with E-state index in [4.69, 9.17) is 4.74 Å². The summed E-state index contributed by atoms with van der Waals surface area (Å²) in [5.41, 5.74) is 1.97. The van der Waals surface area contributed by atoms with Gasteiger partial charge in [0.15, 0.2) is 12.4 Å². The molecule has 0 aliphatic rings. The number of nitrogens with zero attached hydrogens (tertiary/aromatic N) is 2. The molecule has 20 heavy (non-hydrogen) atoms. The predicted octanol–water partition coefficient (Wildman–Crippen LogP) is 2.12. The number of para-hydroxylation sites is 2.